The fourth-order valence-electron chi connectivity index (χ4n) is 0.833. The van der Waals surface area contributed by atoms with Crippen molar-refractivity contribution >= 4 is 27.5 Å². The van der Waals surface area contributed by atoms with Gasteiger partial charge in [-0.1, -0.05) is 0 Å². The highest BCUT2D eigenvalue weighted by atomic mass is 79.9. The topological polar surface area (TPSA) is 64.3 Å². The van der Waals surface area contributed by atoms with Gasteiger partial charge in [0.1, 0.15) is 5.75 Å². The summed E-state index contributed by atoms with van der Waals surface area (Å²) in [5, 5.41) is 2.46. The van der Waals surface area contributed by atoms with Crippen LogP contribution in [0.2, 0.25) is 0 Å². The first-order valence-electron chi connectivity index (χ1n) is 4.02. The van der Waals surface area contributed by atoms with Crippen LogP contribution in [0, 0.1) is 0 Å². The lowest BCUT2D eigenvalue weighted by Gasteiger charge is -2.06. The number of rotatable bonds is 3. The highest BCUT2D eigenvalue weighted by molar-refractivity contribution is 9.10. The number of carbonyl (C=O) groups excluding carboxylic acids is 1. The van der Waals surface area contributed by atoms with E-state index in [1.165, 1.54) is 0 Å². The fraction of sp³-hybridized carbons (Fsp3) is 0.222. The van der Waals surface area contributed by atoms with Gasteiger partial charge in [-0.3, -0.25) is 4.79 Å². The minimum atomic E-state index is -0.175. The van der Waals surface area contributed by atoms with Gasteiger partial charge in [0.05, 0.1) is 0 Å². The summed E-state index contributed by atoms with van der Waals surface area (Å²) in [7, 11) is 1.56. The van der Waals surface area contributed by atoms with Crippen LogP contribution < -0.4 is 15.8 Å². The number of anilines is 1. The van der Waals surface area contributed by atoms with Crippen molar-refractivity contribution in [2.24, 2.45) is 0 Å². The fourth-order valence-corrected chi connectivity index (χ4v) is 1.08. The van der Waals surface area contributed by atoms with Crippen molar-refractivity contribution in [2.75, 3.05) is 19.4 Å². The van der Waals surface area contributed by atoms with Crippen LogP contribution in [0.3, 0.4) is 0 Å². The quantitative estimate of drug-likeness (QED) is 0.800. The van der Waals surface area contributed by atoms with Gasteiger partial charge in [0.15, 0.2) is 6.61 Å². The predicted molar refractivity (Wildman–Crippen MR) is 58.1 cm³/mol. The monoisotopic (exact) mass is 258 g/mol. The average molecular weight is 259 g/mol. The van der Waals surface area contributed by atoms with Gasteiger partial charge in [-0.15, -0.1) is 0 Å². The number of benzene rings is 1. The van der Waals surface area contributed by atoms with Crippen LogP contribution in [0.4, 0.5) is 5.69 Å². The molecule has 0 spiro atoms. The lowest BCUT2D eigenvalue weighted by molar-refractivity contribution is -0.122. The van der Waals surface area contributed by atoms with Crippen molar-refractivity contribution in [3.05, 3.63) is 22.7 Å². The zero-order valence-corrected chi connectivity index (χ0v) is 9.30. The molecular formula is C9H11BrN2O2. The predicted octanol–water partition coefficient (Wildman–Crippen LogP) is 1.16. The second kappa shape index (κ2) is 4.85. The van der Waals surface area contributed by atoms with Gasteiger partial charge >= 0.3 is 0 Å². The molecule has 1 aromatic rings. The molecule has 0 aromatic heterocycles. The molecule has 0 heterocycles. The van der Waals surface area contributed by atoms with Crippen molar-refractivity contribution < 1.29 is 9.53 Å². The number of ether oxygens (including phenoxy) is 1. The molecule has 0 unspecified atom stereocenters. The Kier molecular flexibility index (Phi) is 3.76. The minimum absolute atomic E-state index is 0.00241. The number of nitrogens with two attached hydrogens (primary N) is 1. The molecule has 1 rings (SSSR count). The number of nitrogens with one attached hydrogen (secondary N) is 1. The molecule has 1 amide bonds. The zero-order chi connectivity index (χ0) is 10.6. The summed E-state index contributed by atoms with van der Waals surface area (Å²) < 4.78 is 5.99. The molecule has 0 saturated heterocycles. The molecular weight excluding hydrogens is 248 g/mol. The molecule has 0 saturated carbocycles. The SMILES string of the molecule is CNC(=O)COc1ccc(Br)c(N)c1. The van der Waals surface area contributed by atoms with E-state index in [1.807, 2.05) is 0 Å². The highest BCUT2D eigenvalue weighted by Crippen LogP contribution is 2.24. The van der Waals surface area contributed by atoms with Crippen LogP contribution in [-0.4, -0.2) is 19.6 Å². The Labute approximate surface area is 90.6 Å². The number of hydrogen-bond donors (Lipinski definition) is 2. The van der Waals surface area contributed by atoms with E-state index >= 15 is 0 Å². The summed E-state index contributed by atoms with van der Waals surface area (Å²) in [6.45, 7) is -0.00241. The largest absolute Gasteiger partial charge is 0.484 e. The summed E-state index contributed by atoms with van der Waals surface area (Å²) in [6, 6.07) is 5.17. The molecule has 0 radical (unpaired) electrons. The molecule has 0 fully saturated rings. The van der Waals surface area contributed by atoms with Crippen LogP contribution in [0.15, 0.2) is 22.7 Å². The summed E-state index contributed by atoms with van der Waals surface area (Å²) >= 11 is 3.26. The van der Waals surface area contributed by atoms with E-state index in [-0.39, 0.29) is 12.5 Å². The lowest BCUT2D eigenvalue weighted by Crippen LogP contribution is -2.24. The molecule has 0 aliphatic heterocycles. The zero-order valence-electron chi connectivity index (χ0n) is 7.71. The number of halogens is 1. The van der Waals surface area contributed by atoms with Gasteiger partial charge < -0.3 is 15.8 Å². The van der Waals surface area contributed by atoms with Crippen LogP contribution in [0.5, 0.6) is 5.75 Å². The molecule has 5 heteroatoms. The summed E-state index contributed by atoms with van der Waals surface area (Å²) in [5.74, 6) is 0.404. The smallest absolute Gasteiger partial charge is 0.257 e. The number of amides is 1. The van der Waals surface area contributed by atoms with Crippen LogP contribution in [0.1, 0.15) is 0 Å². The van der Waals surface area contributed by atoms with Crippen molar-refractivity contribution in [2.45, 2.75) is 0 Å². The molecule has 0 bridgehead atoms. The van der Waals surface area contributed by atoms with Gasteiger partial charge in [0, 0.05) is 23.3 Å². The van der Waals surface area contributed by atoms with Crippen LogP contribution in [-0.2, 0) is 4.79 Å². The Morgan fingerprint density at radius 2 is 2.36 bits per heavy atom. The second-order valence-corrected chi connectivity index (χ2v) is 3.50. The van der Waals surface area contributed by atoms with Gasteiger partial charge in [0.25, 0.3) is 5.91 Å². The number of carbonyl (C=O) groups is 1. The first-order valence-corrected chi connectivity index (χ1v) is 4.81. The highest BCUT2D eigenvalue weighted by Gasteiger charge is 2.01. The first-order chi connectivity index (χ1) is 6.63. The third-order valence-corrected chi connectivity index (χ3v) is 2.34. The van der Waals surface area contributed by atoms with Gasteiger partial charge in [-0.25, -0.2) is 0 Å². The third-order valence-electron chi connectivity index (χ3n) is 1.62. The first kappa shape index (κ1) is 10.8. The van der Waals surface area contributed by atoms with Gasteiger partial charge in [-0.05, 0) is 28.1 Å². The molecule has 0 aliphatic carbocycles. The Morgan fingerprint density at radius 1 is 1.64 bits per heavy atom. The normalized spacial score (nSPS) is 9.57. The van der Waals surface area contributed by atoms with Gasteiger partial charge in [0.2, 0.25) is 0 Å². The van der Waals surface area contributed by atoms with Crippen molar-refractivity contribution in [1.29, 1.82) is 0 Å². The maximum atomic E-state index is 10.9. The van der Waals surface area contributed by atoms with E-state index in [0.717, 1.165) is 4.47 Å². The second-order valence-electron chi connectivity index (χ2n) is 2.65. The minimum Gasteiger partial charge on any atom is -0.484 e. The Hall–Kier alpha value is -1.23. The van der Waals surface area contributed by atoms with E-state index in [9.17, 15) is 4.79 Å². The summed E-state index contributed by atoms with van der Waals surface area (Å²) in [5.41, 5.74) is 6.21. The van der Waals surface area contributed by atoms with E-state index in [2.05, 4.69) is 21.2 Å². The van der Waals surface area contributed by atoms with E-state index in [0.29, 0.717) is 11.4 Å². The van der Waals surface area contributed by atoms with Crippen molar-refractivity contribution in [3.8, 4) is 5.75 Å². The van der Waals surface area contributed by atoms with Crippen LogP contribution in [0.25, 0.3) is 0 Å². The molecule has 3 N–H and O–H groups in total. The third kappa shape index (κ3) is 2.92. The maximum absolute atomic E-state index is 10.9. The van der Waals surface area contributed by atoms with E-state index in [1.54, 1.807) is 25.2 Å². The maximum Gasteiger partial charge on any atom is 0.257 e. The number of hydrogen-bond acceptors (Lipinski definition) is 3. The molecule has 76 valence electrons. The Bertz CT molecular complexity index is 342. The average Bonchev–Trinajstić information content (AvgIpc) is 2.19. The molecule has 0 atom stereocenters. The number of likely N-dealkylation sites (N-methyl/N-ethyl adjacent to an activating group) is 1. The van der Waals surface area contributed by atoms with Gasteiger partial charge in [-0.2, -0.15) is 0 Å². The number of nitrogen functional groups attached to an aromatic ring is 1. The van der Waals surface area contributed by atoms with Crippen molar-refractivity contribution in [1.82, 2.24) is 5.32 Å². The van der Waals surface area contributed by atoms with Crippen LogP contribution >= 0.6 is 15.9 Å². The summed E-state index contributed by atoms with van der Waals surface area (Å²) in [4.78, 5) is 10.9. The van der Waals surface area contributed by atoms with E-state index < -0.39 is 0 Å². The lowest BCUT2D eigenvalue weighted by atomic mass is 10.3. The van der Waals surface area contributed by atoms with Crippen molar-refractivity contribution in [3.63, 3.8) is 0 Å². The Balaban J connectivity index is 2.60. The summed E-state index contributed by atoms with van der Waals surface area (Å²) in [6.07, 6.45) is 0. The molecule has 0 aliphatic rings. The molecule has 14 heavy (non-hydrogen) atoms. The standard InChI is InChI=1S/C9H11BrN2O2/c1-12-9(13)5-14-6-2-3-7(10)8(11)4-6/h2-4H,5,11H2,1H3,(H,12,13). The molecule has 1 aromatic carbocycles. The van der Waals surface area contributed by atoms with E-state index in [4.69, 9.17) is 10.5 Å². The Morgan fingerprint density at radius 3 is 2.93 bits per heavy atom. The molecule has 4 nitrogen and oxygen atoms in total.